The highest BCUT2D eigenvalue weighted by Gasteiger charge is 2.07. The largest absolute Gasteiger partial charge is 0.367 e. The van der Waals surface area contributed by atoms with Gasteiger partial charge in [-0.05, 0) is 12.3 Å². The van der Waals surface area contributed by atoms with Crippen molar-refractivity contribution in [1.29, 1.82) is 0 Å². The van der Waals surface area contributed by atoms with E-state index in [-0.39, 0.29) is 0 Å². The molecule has 1 atom stereocenters. The first kappa shape index (κ1) is 11.0. The second kappa shape index (κ2) is 5.62. The van der Waals surface area contributed by atoms with Gasteiger partial charge in [0, 0.05) is 6.54 Å². The summed E-state index contributed by atoms with van der Waals surface area (Å²) in [5, 5.41) is 4.09. The third-order valence-electron chi connectivity index (χ3n) is 2.54. The van der Waals surface area contributed by atoms with Gasteiger partial charge in [0.25, 0.3) is 0 Å². The number of unbranched alkanes of at least 4 members (excludes halogenated alkanes) is 1. The van der Waals surface area contributed by atoms with Gasteiger partial charge in [0.15, 0.2) is 0 Å². The summed E-state index contributed by atoms with van der Waals surface area (Å²) >= 11 is 0. The quantitative estimate of drug-likeness (QED) is 0.757. The molecule has 0 saturated carbocycles. The highest BCUT2D eigenvalue weighted by molar-refractivity contribution is 5.09. The fourth-order valence-corrected chi connectivity index (χ4v) is 1.58. The normalized spacial score (nSPS) is 13.0. The van der Waals surface area contributed by atoms with Crippen LogP contribution in [-0.2, 0) is 6.54 Å². The van der Waals surface area contributed by atoms with Crippen molar-refractivity contribution in [2.75, 3.05) is 5.73 Å². The highest BCUT2D eigenvalue weighted by atomic mass is 15.4. The Morgan fingerprint density at radius 1 is 1.50 bits per heavy atom. The summed E-state index contributed by atoms with van der Waals surface area (Å²) in [4.78, 5) is 3.91. The Labute approximate surface area is 85.5 Å². The van der Waals surface area contributed by atoms with Gasteiger partial charge in [0.1, 0.15) is 6.33 Å². The van der Waals surface area contributed by atoms with E-state index in [0.717, 1.165) is 6.54 Å². The van der Waals surface area contributed by atoms with Gasteiger partial charge in [0.05, 0.1) is 0 Å². The van der Waals surface area contributed by atoms with Crippen molar-refractivity contribution >= 4 is 5.95 Å². The van der Waals surface area contributed by atoms with Crippen LogP contribution in [0.3, 0.4) is 0 Å². The fraction of sp³-hybridized carbons (Fsp3) is 0.800. The average Bonchev–Trinajstić information content (AvgIpc) is 2.58. The Balaban J connectivity index is 2.40. The lowest BCUT2D eigenvalue weighted by Gasteiger charge is -2.13. The Morgan fingerprint density at radius 3 is 2.79 bits per heavy atom. The second-order valence-electron chi connectivity index (χ2n) is 3.74. The zero-order valence-corrected chi connectivity index (χ0v) is 9.11. The molecule has 0 aliphatic heterocycles. The average molecular weight is 196 g/mol. The van der Waals surface area contributed by atoms with Gasteiger partial charge < -0.3 is 5.73 Å². The van der Waals surface area contributed by atoms with Gasteiger partial charge >= 0.3 is 0 Å². The highest BCUT2D eigenvalue weighted by Crippen LogP contribution is 2.14. The molecule has 4 heteroatoms. The minimum Gasteiger partial charge on any atom is -0.367 e. The lowest BCUT2D eigenvalue weighted by Crippen LogP contribution is -2.10. The van der Waals surface area contributed by atoms with Crippen LogP contribution in [0.4, 0.5) is 5.95 Å². The molecule has 0 aliphatic carbocycles. The molecule has 4 nitrogen and oxygen atoms in total. The predicted octanol–water partition coefficient (Wildman–Crippen LogP) is 2.08. The molecule has 0 aromatic carbocycles. The van der Waals surface area contributed by atoms with E-state index in [1.807, 2.05) is 4.68 Å². The van der Waals surface area contributed by atoms with Crippen molar-refractivity contribution in [2.24, 2.45) is 5.92 Å². The van der Waals surface area contributed by atoms with Gasteiger partial charge in [-0.1, -0.05) is 33.1 Å². The lowest BCUT2D eigenvalue weighted by atomic mass is 10.00. The van der Waals surface area contributed by atoms with Crippen molar-refractivity contribution in [3.05, 3.63) is 6.33 Å². The van der Waals surface area contributed by atoms with Gasteiger partial charge in [0.2, 0.25) is 5.95 Å². The predicted molar refractivity (Wildman–Crippen MR) is 57.7 cm³/mol. The van der Waals surface area contributed by atoms with E-state index >= 15 is 0 Å². The van der Waals surface area contributed by atoms with E-state index < -0.39 is 0 Å². The molecule has 0 spiro atoms. The Bertz CT molecular complexity index is 256. The van der Waals surface area contributed by atoms with E-state index in [2.05, 4.69) is 23.9 Å². The number of nitrogens with zero attached hydrogens (tertiary/aromatic N) is 3. The molecule has 14 heavy (non-hydrogen) atoms. The monoisotopic (exact) mass is 196 g/mol. The smallest absolute Gasteiger partial charge is 0.239 e. The second-order valence-corrected chi connectivity index (χ2v) is 3.74. The van der Waals surface area contributed by atoms with Crippen LogP contribution in [0.25, 0.3) is 0 Å². The summed E-state index contributed by atoms with van der Waals surface area (Å²) in [6.07, 6.45) is 6.73. The third kappa shape index (κ3) is 3.36. The Kier molecular flexibility index (Phi) is 4.43. The van der Waals surface area contributed by atoms with Crippen LogP contribution in [0, 0.1) is 5.92 Å². The summed E-state index contributed by atoms with van der Waals surface area (Å²) in [6, 6.07) is 0. The van der Waals surface area contributed by atoms with Crippen LogP contribution in [0.2, 0.25) is 0 Å². The van der Waals surface area contributed by atoms with Crippen molar-refractivity contribution in [2.45, 2.75) is 46.1 Å². The third-order valence-corrected chi connectivity index (χ3v) is 2.54. The first-order chi connectivity index (χ1) is 6.76. The van der Waals surface area contributed by atoms with Crippen LogP contribution >= 0.6 is 0 Å². The van der Waals surface area contributed by atoms with Crippen molar-refractivity contribution < 1.29 is 0 Å². The van der Waals surface area contributed by atoms with E-state index in [4.69, 9.17) is 5.73 Å². The van der Waals surface area contributed by atoms with Crippen LogP contribution in [0.1, 0.15) is 39.5 Å². The number of hydrogen-bond acceptors (Lipinski definition) is 3. The molecule has 2 N–H and O–H groups in total. The topological polar surface area (TPSA) is 56.7 Å². The van der Waals surface area contributed by atoms with Crippen molar-refractivity contribution in [3.63, 3.8) is 0 Å². The Morgan fingerprint density at radius 2 is 2.29 bits per heavy atom. The molecule has 80 valence electrons. The number of rotatable bonds is 6. The molecule has 0 radical (unpaired) electrons. The molecule has 0 saturated heterocycles. The zero-order chi connectivity index (χ0) is 10.4. The van der Waals surface area contributed by atoms with Gasteiger partial charge in [-0.25, -0.2) is 4.98 Å². The number of hydrogen-bond donors (Lipinski definition) is 1. The van der Waals surface area contributed by atoms with Crippen LogP contribution in [-0.4, -0.2) is 14.8 Å². The van der Waals surface area contributed by atoms with E-state index in [9.17, 15) is 0 Å². The van der Waals surface area contributed by atoms with Crippen molar-refractivity contribution in [1.82, 2.24) is 14.8 Å². The zero-order valence-electron chi connectivity index (χ0n) is 9.11. The maximum atomic E-state index is 5.45. The van der Waals surface area contributed by atoms with E-state index in [1.165, 1.54) is 25.7 Å². The van der Waals surface area contributed by atoms with E-state index in [0.29, 0.717) is 11.9 Å². The summed E-state index contributed by atoms with van der Waals surface area (Å²) in [5.41, 5.74) is 5.45. The molecule has 0 bridgehead atoms. The molecule has 1 aromatic heterocycles. The van der Waals surface area contributed by atoms with Gasteiger partial charge in [-0.3, -0.25) is 4.68 Å². The van der Waals surface area contributed by atoms with Crippen LogP contribution in [0.5, 0.6) is 0 Å². The van der Waals surface area contributed by atoms with Crippen LogP contribution in [0.15, 0.2) is 6.33 Å². The molecule has 1 rings (SSSR count). The number of nitrogens with two attached hydrogens (primary N) is 1. The molecule has 0 amide bonds. The van der Waals surface area contributed by atoms with Crippen molar-refractivity contribution in [3.8, 4) is 0 Å². The minimum atomic E-state index is 0.371. The first-order valence-corrected chi connectivity index (χ1v) is 5.41. The molecule has 0 unspecified atom stereocenters. The van der Waals surface area contributed by atoms with Gasteiger partial charge in [-0.15, -0.1) is 5.10 Å². The summed E-state index contributed by atoms with van der Waals surface area (Å²) in [5.74, 6) is 1.08. The maximum absolute atomic E-state index is 5.45. The molecule has 1 heterocycles. The number of nitrogen functional groups attached to an aromatic ring is 1. The molecular formula is C10H20N4. The maximum Gasteiger partial charge on any atom is 0.239 e. The molecular weight excluding hydrogens is 176 g/mol. The summed E-state index contributed by atoms with van der Waals surface area (Å²) < 4.78 is 1.85. The summed E-state index contributed by atoms with van der Waals surface area (Å²) in [7, 11) is 0. The SMILES string of the molecule is CCCC[C@@H](CC)Cn1cnc(N)n1. The lowest BCUT2D eigenvalue weighted by molar-refractivity contribution is 0.372. The van der Waals surface area contributed by atoms with E-state index in [1.54, 1.807) is 6.33 Å². The molecule has 1 aromatic rings. The van der Waals surface area contributed by atoms with Gasteiger partial charge in [-0.2, -0.15) is 0 Å². The summed E-state index contributed by atoms with van der Waals surface area (Å²) in [6.45, 7) is 5.39. The van der Waals surface area contributed by atoms with Crippen LogP contribution < -0.4 is 5.73 Å². The first-order valence-electron chi connectivity index (χ1n) is 5.41. The number of aromatic nitrogens is 3. The number of anilines is 1. The Hall–Kier alpha value is -1.06. The fourth-order valence-electron chi connectivity index (χ4n) is 1.58. The molecule has 0 aliphatic rings. The standard InChI is InChI=1S/C10H20N4/c1-3-5-6-9(4-2)7-14-8-12-10(11)13-14/h8-9H,3-7H2,1-2H3,(H2,11,13)/t9-/m1/s1. The minimum absolute atomic E-state index is 0.371. The molecule has 0 fully saturated rings.